The number of alkyl halides is 3. The molecule has 0 saturated heterocycles. The van der Waals surface area contributed by atoms with Gasteiger partial charge in [-0.15, -0.1) is 11.3 Å². The van der Waals surface area contributed by atoms with Crippen LogP contribution in [0.4, 0.5) is 17.6 Å². The van der Waals surface area contributed by atoms with E-state index < -0.39 is 23.6 Å². The van der Waals surface area contributed by atoms with Gasteiger partial charge in [0.2, 0.25) is 0 Å². The summed E-state index contributed by atoms with van der Waals surface area (Å²) < 4.78 is 53.0. The molecule has 1 unspecified atom stereocenters. The third kappa shape index (κ3) is 4.05. The van der Waals surface area contributed by atoms with Crippen molar-refractivity contribution in [3.63, 3.8) is 0 Å². The van der Waals surface area contributed by atoms with Gasteiger partial charge >= 0.3 is 6.18 Å². The first-order valence-corrected chi connectivity index (χ1v) is 7.75. The lowest BCUT2D eigenvalue weighted by molar-refractivity contribution is -0.137. The molecule has 114 valence electrons. The summed E-state index contributed by atoms with van der Waals surface area (Å²) in [5, 5.41) is 4.76. The van der Waals surface area contributed by atoms with Crippen molar-refractivity contribution in [2.75, 3.05) is 7.05 Å². The van der Waals surface area contributed by atoms with Crippen LogP contribution in [-0.4, -0.2) is 7.05 Å². The lowest BCUT2D eigenvalue weighted by Crippen LogP contribution is -2.20. The SMILES string of the molecule is CNC(Cc1cc(Br)cs1)c1cc(C(F)(F)F)ccc1F. The van der Waals surface area contributed by atoms with Gasteiger partial charge in [0.25, 0.3) is 0 Å². The van der Waals surface area contributed by atoms with E-state index in [1.165, 1.54) is 11.3 Å². The lowest BCUT2D eigenvalue weighted by atomic mass is 10.00. The van der Waals surface area contributed by atoms with Crippen LogP contribution in [-0.2, 0) is 12.6 Å². The molecule has 0 radical (unpaired) electrons. The molecule has 0 bridgehead atoms. The molecule has 0 aliphatic heterocycles. The fraction of sp³-hybridized carbons (Fsp3) is 0.286. The second kappa shape index (κ2) is 6.46. The molecule has 0 aliphatic carbocycles. The monoisotopic (exact) mass is 381 g/mol. The zero-order chi connectivity index (χ0) is 15.6. The Hall–Kier alpha value is -0.920. The van der Waals surface area contributed by atoms with Crippen molar-refractivity contribution < 1.29 is 17.6 Å². The molecular formula is C14H12BrF4NS. The molecule has 1 N–H and O–H groups in total. The molecule has 1 nitrogen and oxygen atoms in total. The minimum absolute atomic E-state index is 0.0249. The quantitative estimate of drug-likeness (QED) is 0.720. The van der Waals surface area contributed by atoms with Crippen molar-refractivity contribution in [2.45, 2.75) is 18.6 Å². The van der Waals surface area contributed by atoms with Crippen molar-refractivity contribution in [3.8, 4) is 0 Å². The molecule has 0 saturated carbocycles. The summed E-state index contributed by atoms with van der Waals surface area (Å²) in [6, 6.07) is 3.86. The highest BCUT2D eigenvalue weighted by atomic mass is 79.9. The molecule has 1 aromatic carbocycles. The summed E-state index contributed by atoms with van der Waals surface area (Å²) in [7, 11) is 1.60. The average molecular weight is 382 g/mol. The van der Waals surface area contributed by atoms with Gasteiger partial charge in [-0.2, -0.15) is 13.2 Å². The molecule has 21 heavy (non-hydrogen) atoms. The Morgan fingerprint density at radius 2 is 2.00 bits per heavy atom. The van der Waals surface area contributed by atoms with E-state index in [4.69, 9.17) is 0 Å². The topological polar surface area (TPSA) is 12.0 Å². The second-order valence-electron chi connectivity index (χ2n) is 4.51. The first kappa shape index (κ1) is 16.5. The highest BCUT2D eigenvalue weighted by Gasteiger charge is 2.32. The number of hydrogen-bond donors (Lipinski definition) is 1. The Morgan fingerprint density at radius 1 is 1.29 bits per heavy atom. The number of hydrogen-bond acceptors (Lipinski definition) is 2. The molecule has 1 atom stereocenters. The number of rotatable bonds is 4. The van der Waals surface area contributed by atoms with Gasteiger partial charge < -0.3 is 5.32 Å². The minimum Gasteiger partial charge on any atom is -0.313 e. The number of likely N-dealkylation sites (N-methyl/N-ethyl adjacent to an activating group) is 1. The zero-order valence-electron chi connectivity index (χ0n) is 11.0. The van der Waals surface area contributed by atoms with Crippen LogP contribution in [0.3, 0.4) is 0 Å². The smallest absolute Gasteiger partial charge is 0.313 e. The normalized spacial score (nSPS) is 13.4. The van der Waals surface area contributed by atoms with Crippen LogP contribution >= 0.6 is 27.3 Å². The molecule has 0 fully saturated rings. The molecule has 1 heterocycles. The second-order valence-corrected chi connectivity index (χ2v) is 6.42. The average Bonchev–Trinajstić information content (AvgIpc) is 2.81. The summed E-state index contributed by atoms with van der Waals surface area (Å²) in [5.41, 5.74) is -0.816. The fourth-order valence-electron chi connectivity index (χ4n) is 2.02. The van der Waals surface area contributed by atoms with Crippen molar-refractivity contribution in [3.05, 3.63) is 55.9 Å². The van der Waals surface area contributed by atoms with Crippen molar-refractivity contribution in [2.24, 2.45) is 0 Å². The van der Waals surface area contributed by atoms with E-state index in [1.54, 1.807) is 7.05 Å². The van der Waals surface area contributed by atoms with Crippen molar-refractivity contribution in [1.82, 2.24) is 5.32 Å². The van der Waals surface area contributed by atoms with Gasteiger partial charge in [-0.25, -0.2) is 4.39 Å². The number of benzene rings is 1. The molecule has 7 heteroatoms. The van der Waals surface area contributed by atoms with E-state index in [0.717, 1.165) is 27.5 Å². The maximum Gasteiger partial charge on any atom is 0.416 e. The molecule has 0 spiro atoms. The van der Waals surface area contributed by atoms with Crippen LogP contribution in [0, 0.1) is 5.82 Å². The Morgan fingerprint density at radius 3 is 2.52 bits per heavy atom. The van der Waals surface area contributed by atoms with Gasteiger partial charge in [0, 0.05) is 32.8 Å². The van der Waals surface area contributed by atoms with Gasteiger partial charge in [-0.05, 0) is 47.2 Å². The molecule has 2 rings (SSSR count). The van der Waals surface area contributed by atoms with E-state index in [-0.39, 0.29) is 5.56 Å². The Balaban J connectivity index is 2.33. The Bertz CT molecular complexity index is 624. The number of thiophene rings is 1. The minimum atomic E-state index is -4.48. The molecule has 1 aromatic heterocycles. The maximum atomic E-state index is 13.9. The van der Waals surface area contributed by atoms with Gasteiger partial charge in [-0.3, -0.25) is 0 Å². The van der Waals surface area contributed by atoms with Gasteiger partial charge in [-0.1, -0.05) is 0 Å². The number of halogens is 5. The summed E-state index contributed by atoms with van der Waals surface area (Å²) >= 11 is 4.79. The van der Waals surface area contributed by atoms with Gasteiger partial charge in [0.1, 0.15) is 5.82 Å². The summed E-state index contributed by atoms with van der Waals surface area (Å²) in [4.78, 5) is 0.957. The van der Waals surface area contributed by atoms with E-state index in [0.29, 0.717) is 6.42 Å². The summed E-state index contributed by atoms with van der Waals surface area (Å²) in [5.74, 6) is -0.641. The highest BCUT2D eigenvalue weighted by molar-refractivity contribution is 9.10. The first-order valence-electron chi connectivity index (χ1n) is 6.08. The Labute approximate surface area is 132 Å². The molecule has 0 amide bonds. The molecule has 0 aliphatic rings. The van der Waals surface area contributed by atoms with Crippen LogP contribution in [0.15, 0.2) is 34.1 Å². The van der Waals surface area contributed by atoms with Crippen LogP contribution < -0.4 is 5.32 Å². The highest BCUT2D eigenvalue weighted by Crippen LogP contribution is 2.33. The fourth-order valence-corrected chi connectivity index (χ4v) is 3.51. The lowest BCUT2D eigenvalue weighted by Gasteiger charge is -2.18. The third-order valence-electron chi connectivity index (χ3n) is 3.07. The van der Waals surface area contributed by atoms with E-state index in [2.05, 4.69) is 21.2 Å². The van der Waals surface area contributed by atoms with Crippen LogP contribution in [0.2, 0.25) is 0 Å². The zero-order valence-corrected chi connectivity index (χ0v) is 13.4. The maximum absolute atomic E-state index is 13.9. The summed E-state index contributed by atoms with van der Waals surface area (Å²) in [6.45, 7) is 0. The van der Waals surface area contributed by atoms with Crippen LogP contribution in [0.5, 0.6) is 0 Å². The summed E-state index contributed by atoms with van der Waals surface area (Å²) in [6.07, 6.45) is -4.06. The van der Waals surface area contributed by atoms with Crippen molar-refractivity contribution in [1.29, 1.82) is 0 Å². The van der Waals surface area contributed by atoms with Crippen LogP contribution in [0.25, 0.3) is 0 Å². The molecular weight excluding hydrogens is 370 g/mol. The van der Waals surface area contributed by atoms with Crippen molar-refractivity contribution >= 4 is 27.3 Å². The largest absolute Gasteiger partial charge is 0.416 e. The van der Waals surface area contributed by atoms with E-state index in [9.17, 15) is 17.6 Å². The first-order chi connectivity index (χ1) is 9.81. The Kier molecular flexibility index (Phi) is 5.06. The molecule has 2 aromatic rings. The predicted octanol–water partition coefficient (Wildman–Crippen LogP) is 5.17. The predicted molar refractivity (Wildman–Crippen MR) is 78.9 cm³/mol. The standard InChI is InChI=1S/C14H12BrF4NS/c1-20-13(6-10-5-9(15)7-21-10)11-4-8(14(17,18)19)2-3-12(11)16/h2-5,7,13,20H,6H2,1H3. The van der Waals surface area contributed by atoms with Gasteiger partial charge in [0.15, 0.2) is 0 Å². The van der Waals surface area contributed by atoms with Gasteiger partial charge in [0.05, 0.1) is 5.56 Å². The van der Waals surface area contributed by atoms with E-state index >= 15 is 0 Å². The van der Waals surface area contributed by atoms with Crippen LogP contribution in [0.1, 0.15) is 22.0 Å². The van der Waals surface area contributed by atoms with E-state index in [1.807, 2.05) is 11.4 Å². The third-order valence-corrected chi connectivity index (χ3v) is 4.79. The number of nitrogens with one attached hydrogen (secondary N) is 1.